The van der Waals surface area contributed by atoms with Gasteiger partial charge in [0.1, 0.15) is 6.04 Å². The Kier molecular flexibility index (Phi) is 10.8. The van der Waals surface area contributed by atoms with Crippen molar-refractivity contribution < 1.29 is 19.0 Å². The lowest BCUT2D eigenvalue weighted by molar-refractivity contribution is -0.146. The van der Waals surface area contributed by atoms with Gasteiger partial charge in [-0.3, -0.25) is 9.69 Å². The Morgan fingerprint density at radius 2 is 2.00 bits per heavy atom. The lowest BCUT2D eigenvalue weighted by Gasteiger charge is -2.31. The first-order valence-corrected chi connectivity index (χ1v) is 6.66. The van der Waals surface area contributed by atoms with Crippen LogP contribution in [0.2, 0.25) is 0 Å². The predicted octanol–water partition coefficient (Wildman–Crippen LogP) is 0.121. The molecule has 0 saturated heterocycles. The van der Waals surface area contributed by atoms with Crippen LogP contribution in [0.25, 0.3) is 0 Å². The highest BCUT2D eigenvalue weighted by molar-refractivity contribution is 5.76. The molecule has 6 nitrogen and oxygen atoms in total. The Balaban J connectivity index is 4.52. The summed E-state index contributed by atoms with van der Waals surface area (Å²) in [7, 11) is 5.10. The van der Waals surface area contributed by atoms with Crippen molar-refractivity contribution in [2.75, 3.05) is 54.2 Å². The second-order valence-corrected chi connectivity index (χ2v) is 4.39. The van der Waals surface area contributed by atoms with Crippen molar-refractivity contribution in [3.05, 3.63) is 0 Å². The summed E-state index contributed by atoms with van der Waals surface area (Å²) in [5, 5.41) is 2.99. The Labute approximate surface area is 116 Å². The van der Waals surface area contributed by atoms with E-state index in [1.54, 1.807) is 28.2 Å². The highest BCUT2D eigenvalue weighted by Crippen LogP contribution is 2.03. The first-order chi connectivity index (χ1) is 9.10. The quantitative estimate of drug-likeness (QED) is 0.541. The maximum Gasteiger partial charge on any atom is 0.324 e. The number of hydrogen-bond acceptors (Lipinski definition) is 6. The van der Waals surface area contributed by atoms with Crippen LogP contribution in [-0.2, 0) is 19.0 Å². The summed E-state index contributed by atoms with van der Waals surface area (Å²) < 4.78 is 15.3. The molecule has 0 rings (SSSR count). The van der Waals surface area contributed by atoms with Crippen LogP contribution in [0.4, 0.5) is 0 Å². The number of esters is 1. The zero-order chi connectivity index (χ0) is 14.7. The highest BCUT2D eigenvalue weighted by atomic mass is 16.5. The smallest absolute Gasteiger partial charge is 0.324 e. The van der Waals surface area contributed by atoms with Crippen LogP contribution in [0.1, 0.15) is 13.8 Å². The Morgan fingerprint density at radius 1 is 1.32 bits per heavy atom. The lowest BCUT2D eigenvalue weighted by atomic mass is 10.2. The number of nitrogens with zero attached hydrogens (tertiary/aromatic N) is 1. The Bertz CT molecular complexity index is 239. The van der Waals surface area contributed by atoms with Gasteiger partial charge in [0.25, 0.3) is 0 Å². The molecule has 0 bridgehead atoms. The minimum Gasteiger partial charge on any atom is -0.465 e. The molecule has 0 aliphatic heterocycles. The average molecular weight is 276 g/mol. The monoisotopic (exact) mass is 276 g/mol. The molecule has 0 aromatic heterocycles. The first-order valence-electron chi connectivity index (χ1n) is 6.66. The second kappa shape index (κ2) is 11.2. The van der Waals surface area contributed by atoms with Crippen molar-refractivity contribution in [1.82, 2.24) is 10.2 Å². The SMILES string of the molecule is CCOC(=O)C(CN(CCOC)C(C)COC)NC. The minimum atomic E-state index is -0.337. The molecular formula is C13H28N2O4. The van der Waals surface area contributed by atoms with E-state index in [1.807, 2.05) is 0 Å². The fraction of sp³-hybridized carbons (Fsp3) is 0.923. The topological polar surface area (TPSA) is 60.0 Å². The molecule has 0 aliphatic carbocycles. The number of carbonyl (C=O) groups excluding carboxylic acids is 1. The maximum atomic E-state index is 11.8. The van der Waals surface area contributed by atoms with Crippen molar-refractivity contribution in [2.24, 2.45) is 0 Å². The number of rotatable bonds is 11. The van der Waals surface area contributed by atoms with Crippen LogP contribution in [0.15, 0.2) is 0 Å². The maximum absolute atomic E-state index is 11.8. The highest BCUT2D eigenvalue weighted by Gasteiger charge is 2.23. The van der Waals surface area contributed by atoms with Crippen LogP contribution in [0.3, 0.4) is 0 Å². The molecule has 0 radical (unpaired) electrons. The van der Waals surface area contributed by atoms with Gasteiger partial charge in [0.05, 0.1) is 19.8 Å². The van der Waals surface area contributed by atoms with E-state index in [-0.39, 0.29) is 18.1 Å². The molecule has 6 heteroatoms. The van der Waals surface area contributed by atoms with Gasteiger partial charge in [-0.2, -0.15) is 0 Å². The van der Waals surface area contributed by atoms with Gasteiger partial charge in [0, 0.05) is 33.4 Å². The molecule has 0 aromatic rings. The standard InChI is InChI=1S/C13H28N2O4/c1-6-19-13(16)12(14-3)9-15(7-8-17-4)11(2)10-18-5/h11-12,14H,6-10H2,1-5H3. The molecular weight excluding hydrogens is 248 g/mol. The van der Waals surface area contributed by atoms with Crippen molar-refractivity contribution in [3.8, 4) is 0 Å². The van der Waals surface area contributed by atoms with Gasteiger partial charge >= 0.3 is 5.97 Å². The molecule has 0 amide bonds. The number of carbonyl (C=O) groups is 1. The van der Waals surface area contributed by atoms with Gasteiger partial charge < -0.3 is 19.5 Å². The summed E-state index contributed by atoms with van der Waals surface area (Å²) in [6.07, 6.45) is 0. The lowest BCUT2D eigenvalue weighted by Crippen LogP contribution is -2.50. The fourth-order valence-corrected chi connectivity index (χ4v) is 1.81. The summed E-state index contributed by atoms with van der Waals surface area (Å²) in [4.78, 5) is 13.9. The molecule has 2 atom stereocenters. The van der Waals surface area contributed by atoms with Gasteiger partial charge in [0.2, 0.25) is 0 Å². The van der Waals surface area contributed by atoms with E-state index in [1.165, 1.54) is 0 Å². The van der Waals surface area contributed by atoms with E-state index in [0.717, 1.165) is 6.54 Å². The zero-order valence-electron chi connectivity index (χ0n) is 12.8. The van der Waals surface area contributed by atoms with E-state index < -0.39 is 0 Å². The van der Waals surface area contributed by atoms with Gasteiger partial charge in [0.15, 0.2) is 0 Å². The van der Waals surface area contributed by atoms with Crippen molar-refractivity contribution in [3.63, 3.8) is 0 Å². The van der Waals surface area contributed by atoms with Crippen molar-refractivity contribution in [1.29, 1.82) is 0 Å². The van der Waals surface area contributed by atoms with E-state index in [9.17, 15) is 4.79 Å². The van der Waals surface area contributed by atoms with E-state index >= 15 is 0 Å². The van der Waals surface area contributed by atoms with Crippen LogP contribution in [-0.4, -0.2) is 77.1 Å². The van der Waals surface area contributed by atoms with Crippen LogP contribution in [0, 0.1) is 0 Å². The predicted molar refractivity (Wildman–Crippen MR) is 74.3 cm³/mol. The fourth-order valence-electron chi connectivity index (χ4n) is 1.81. The summed E-state index contributed by atoms with van der Waals surface area (Å²) in [6.45, 7) is 6.82. The number of likely N-dealkylation sites (N-methyl/N-ethyl adjacent to an activating group) is 1. The normalized spacial score (nSPS) is 14.4. The molecule has 0 heterocycles. The molecule has 2 unspecified atom stereocenters. The first kappa shape index (κ1) is 18.3. The molecule has 114 valence electrons. The molecule has 0 aromatic carbocycles. The summed E-state index contributed by atoms with van der Waals surface area (Å²) >= 11 is 0. The molecule has 19 heavy (non-hydrogen) atoms. The van der Waals surface area contributed by atoms with Crippen LogP contribution >= 0.6 is 0 Å². The second-order valence-electron chi connectivity index (χ2n) is 4.39. The van der Waals surface area contributed by atoms with Crippen LogP contribution < -0.4 is 5.32 Å². The summed E-state index contributed by atoms with van der Waals surface area (Å²) in [5.74, 6) is -0.225. The van der Waals surface area contributed by atoms with E-state index in [4.69, 9.17) is 14.2 Å². The average Bonchev–Trinajstić information content (AvgIpc) is 2.39. The van der Waals surface area contributed by atoms with Gasteiger partial charge in [-0.15, -0.1) is 0 Å². The van der Waals surface area contributed by atoms with Crippen LogP contribution in [0.5, 0.6) is 0 Å². The summed E-state index contributed by atoms with van der Waals surface area (Å²) in [6, 6.07) is -0.124. The number of nitrogens with one attached hydrogen (secondary N) is 1. The zero-order valence-corrected chi connectivity index (χ0v) is 12.8. The third kappa shape index (κ3) is 7.47. The van der Waals surface area contributed by atoms with Gasteiger partial charge in [-0.25, -0.2) is 0 Å². The van der Waals surface area contributed by atoms with Gasteiger partial charge in [-0.05, 0) is 20.9 Å². The molecule has 0 saturated carbocycles. The third-order valence-electron chi connectivity index (χ3n) is 2.95. The minimum absolute atomic E-state index is 0.213. The number of hydrogen-bond donors (Lipinski definition) is 1. The Morgan fingerprint density at radius 3 is 2.47 bits per heavy atom. The molecule has 1 N–H and O–H groups in total. The van der Waals surface area contributed by atoms with E-state index in [2.05, 4.69) is 17.1 Å². The third-order valence-corrected chi connectivity index (χ3v) is 2.95. The summed E-state index contributed by atoms with van der Waals surface area (Å²) in [5.41, 5.74) is 0. The number of ether oxygens (including phenoxy) is 3. The van der Waals surface area contributed by atoms with Crippen molar-refractivity contribution in [2.45, 2.75) is 25.9 Å². The van der Waals surface area contributed by atoms with Crippen molar-refractivity contribution >= 4 is 5.97 Å². The number of methoxy groups -OCH3 is 2. The Hall–Kier alpha value is -0.690. The molecule has 0 spiro atoms. The van der Waals surface area contributed by atoms with Gasteiger partial charge in [-0.1, -0.05) is 0 Å². The van der Waals surface area contributed by atoms with E-state index in [0.29, 0.717) is 26.4 Å². The molecule has 0 fully saturated rings. The molecule has 0 aliphatic rings. The largest absolute Gasteiger partial charge is 0.465 e.